The second-order valence-electron chi connectivity index (χ2n) is 3.95. The van der Waals surface area contributed by atoms with Gasteiger partial charge < -0.3 is 10.4 Å². The van der Waals surface area contributed by atoms with Crippen LogP contribution < -0.4 is 5.32 Å². The summed E-state index contributed by atoms with van der Waals surface area (Å²) in [5.41, 5.74) is -0.140. The Morgan fingerprint density at radius 3 is 2.74 bits per heavy atom. The van der Waals surface area contributed by atoms with E-state index in [1.807, 2.05) is 0 Å². The fourth-order valence-corrected chi connectivity index (χ4v) is 2.24. The average molecular weight is 285 g/mol. The Morgan fingerprint density at radius 2 is 2.16 bits per heavy atom. The predicted molar refractivity (Wildman–Crippen MR) is 74.2 cm³/mol. The van der Waals surface area contributed by atoms with Gasteiger partial charge >= 0.3 is 5.97 Å². The molecule has 104 valence electrons. The molecule has 6 heteroatoms. The molecular weight excluding hydrogens is 269 g/mol. The first-order valence-corrected chi connectivity index (χ1v) is 7.10. The number of carbonyl (C=O) groups excluding carboxylic acids is 1. The van der Waals surface area contributed by atoms with Crippen LogP contribution in [0.1, 0.15) is 30.1 Å². The molecule has 1 aromatic carbocycles. The largest absolute Gasteiger partial charge is 0.478 e. The Hall–Kier alpha value is -1.56. The Kier molecular flexibility index (Phi) is 6.35. The zero-order valence-corrected chi connectivity index (χ0v) is 11.4. The molecular formula is C13H16FNO3S. The van der Waals surface area contributed by atoms with Gasteiger partial charge in [0, 0.05) is 0 Å². The number of carboxylic acids is 1. The standard InChI is InChI=1S/C13H16FNO3S/c1-2-3-6-19-8-12(16)15-11-5-4-9(13(17)18)7-10(11)14/h4-5,7H,2-3,6,8H2,1H3,(H,15,16)(H,17,18). The highest BCUT2D eigenvalue weighted by Gasteiger charge is 2.10. The molecule has 0 aliphatic rings. The van der Waals surface area contributed by atoms with Crippen LogP contribution in [0.25, 0.3) is 0 Å². The average Bonchev–Trinajstić information content (AvgIpc) is 2.37. The van der Waals surface area contributed by atoms with Crippen molar-refractivity contribution in [2.75, 3.05) is 16.8 Å². The number of carbonyl (C=O) groups is 2. The minimum absolute atomic E-state index is 0.00564. The summed E-state index contributed by atoms with van der Waals surface area (Å²) in [6.07, 6.45) is 2.11. The van der Waals surface area contributed by atoms with Gasteiger partial charge in [-0.25, -0.2) is 9.18 Å². The molecule has 0 bridgehead atoms. The molecule has 0 heterocycles. The maximum absolute atomic E-state index is 13.5. The summed E-state index contributed by atoms with van der Waals surface area (Å²) < 4.78 is 13.5. The molecule has 1 rings (SSSR count). The summed E-state index contributed by atoms with van der Waals surface area (Å²) in [5.74, 6) is -1.08. The first kappa shape index (κ1) is 15.5. The highest BCUT2D eigenvalue weighted by Crippen LogP contribution is 2.16. The van der Waals surface area contributed by atoms with E-state index in [1.165, 1.54) is 23.9 Å². The molecule has 0 aliphatic heterocycles. The number of nitrogens with one attached hydrogen (secondary N) is 1. The van der Waals surface area contributed by atoms with E-state index in [9.17, 15) is 14.0 Å². The van der Waals surface area contributed by atoms with Crippen molar-refractivity contribution >= 4 is 29.3 Å². The SMILES string of the molecule is CCCCSCC(=O)Nc1ccc(C(=O)O)cc1F. The van der Waals surface area contributed by atoms with Crippen molar-refractivity contribution in [1.29, 1.82) is 0 Å². The highest BCUT2D eigenvalue weighted by molar-refractivity contribution is 7.99. The van der Waals surface area contributed by atoms with Crippen LogP contribution in [0.2, 0.25) is 0 Å². The molecule has 0 saturated heterocycles. The maximum atomic E-state index is 13.5. The van der Waals surface area contributed by atoms with E-state index in [0.717, 1.165) is 24.7 Å². The number of hydrogen-bond acceptors (Lipinski definition) is 3. The van der Waals surface area contributed by atoms with Crippen molar-refractivity contribution in [3.8, 4) is 0 Å². The molecule has 0 radical (unpaired) electrons. The third-order valence-corrected chi connectivity index (χ3v) is 3.41. The number of amides is 1. The van der Waals surface area contributed by atoms with Gasteiger partial charge in [0.2, 0.25) is 5.91 Å². The number of rotatable bonds is 7. The van der Waals surface area contributed by atoms with Gasteiger partial charge in [-0.1, -0.05) is 13.3 Å². The van der Waals surface area contributed by atoms with Crippen molar-refractivity contribution in [3.05, 3.63) is 29.6 Å². The molecule has 0 spiro atoms. The van der Waals surface area contributed by atoms with Crippen LogP contribution in [-0.4, -0.2) is 28.5 Å². The topological polar surface area (TPSA) is 66.4 Å². The Bertz CT molecular complexity index is 465. The van der Waals surface area contributed by atoms with Crippen molar-refractivity contribution in [1.82, 2.24) is 0 Å². The number of hydrogen-bond donors (Lipinski definition) is 2. The third-order valence-electron chi connectivity index (χ3n) is 2.37. The number of halogens is 1. The van der Waals surface area contributed by atoms with Crippen molar-refractivity contribution in [2.45, 2.75) is 19.8 Å². The van der Waals surface area contributed by atoms with Crippen LogP contribution in [0.4, 0.5) is 10.1 Å². The number of benzene rings is 1. The summed E-state index contributed by atoms with van der Waals surface area (Å²) in [7, 11) is 0. The van der Waals surface area contributed by atoms with Crippen LogP contribution in [0.15, 0.2) is 18.2 Å². The van der Waals surface area contributed by atoms with E-state index in [1.54, 1.807) is 0 Å². The second kappa shape index (κ2) is 7.78. The molecule has 0 fully saturated rings. The molecule has 0 aliphatic carbocycles. The fourth-order valence-electron chi connectivity index (χ4n) is 1.35. The number of aromatic carboxylic acids is 1. The first-order valence-electron chi connectivity index (χ1n) is 5.95. The maximum Gasteiger partial charge on any atom is 0.335 e. The molecule has 19 heavy (non-hydrogen) atoms. The lowest BCUT2D eigenvalue weighted by molar-refractivity contribution is -0.113. The molecule has 0 saturated carbocycles. The van der Waals surface area contributed by atoms with E-state index < -0.39 is 11.8 Å². The Balaban J connectivity index is 2.52. The molecule has 2 N–H and O–H groups in total. The van der Waals surface area contributed by atoms with Crippen molar-refractivity contribution in [2.24, 2.45) is 0 Å². The summed E-state index contributed by atoms with van der Waals surface area (Å²) in [6, 6.07) is 3.40. The first-order chi connectivity index (χ1) is 9.04. The van der Waals surface area contributed by atoms with E-state index in [2.05, 4.69) is 12.2 Å². The number of unbranched alkanes of at least 4 members (excludes halogenated alkanes) is 1. The van der Waals surface area contributed by atoms with Gasteiger partial charge in [0.25, 0.3) is 0 Å². The van der Waals surface area contributed by atoms with E-state index in [4.69, 9.17) is 5.11 Å². The fraction of sp³-hybridized carbons (Fsp3) is 0.385. The van der Waals surface area contributed by atoms with Gasteiger partial charge in [0.1, 0.15) is 5.82 Å². The van der Waals surface area contributed by atoms with Gasteiger partial charge in [0.05, 0.1) is 17.0 Å². The molecule has 0 atom stereocenters. The molecule has 1 aromatic rings. The monoisotopic (exact) mass is 285 g/mol. The zero-order chi connectivity index (χ0) is 14.3. The Labute approximate surface area is 115 Å². The number of carboxylic acid groups (broad SMARTS) is 1. The summed E-state index contributed by atoms with van der Waals surface area (Å²) in [4.78, 5) is 22.2. The predicted octanol–water partition coefficient (Wildman–Crippen LogP) is 3.00. The van der Waals surface area contributed by atoms with Gasteiger partial charge in [-0.2, -0.15) is 11.8 Å². The normalized spacial score (nSPS) is 10.2. The van der Waals surface area contributed by atoms with E-state index >= 15 is 0 Å². The molecule has 4 nitrogen and oxygen atoms in total. The lowest BCUT2D eigenvalue weighted by Crippen LogP contribution is -2.15. The molecule has 1 amide bonds. The highest BCUT2D eigenvalue weighted by atomic mass is 32.2. The van der Waals surface area contributed by atoms with Crippen LogP contribution in [0, 0.1) is 5.82 Å². The van der Waals surface area contributed by atoms with Crippen LogP contribution in [0.5, 0.6) is 0 Å². The number of anilines is 1. The third kappa shape index (κ3) is 5.30. The molecule has 0 aromatic heterocycles. The van der Waals surface area contributed by atoms with Gasteiger partial charge in [-0.05, 0) is 30.4 Å². The lowest BCUT2D eigenvalue weighted by atomic mass is 10.2. The minimum Gasteiger partial charge on any atom is -0.478 e. The number of thioether (sulfide) groups is 1. The minimum atomic E-state index is -1.20. The quantitative estimate of drug-likeness (QED) is 0.756. The van der Waals surface area contributed by atoms with Gasteiger partial charge in [0.15, 0.2) is 0 Å². The lowest BCUT2D eigenvalue weighted by Gasteiger charge is -2.06. The Morgan fingerprint density at radius 1 is 1.42 bits per heavy atom. The van der Waals surface area contributed by atoms with Crippen LogP contribution in [0.3, 0.4) is 0 Å². The smallest absolute Gasteiger partial charge is 0.335 e. The van der Waals surface area contributed by atoms with Crippen LogP contribution in [-0.2, 0) is 4.79 Å². The second-order valence-corrected chi connectivity index (χ2v) is 5.06. The summed E-state index contributed by atoms with van der Waals surface area (Å²) in [6.45, 7) is 2.07. The molecule has 0 unspecified atom stereocenters. The van der Waals surface area contributed by atoms with Crippen molar-refractivity contribution in [3.63, 3.8) is 0 Å². The van der Waals surface area contributed by atoms with E-state index in [0.29, 0.717) is 0 Å². The van der Waals surface area contributed by atoms with Crippen LogP contribution >= 0.6 is 11.8 Å². The van der Waals surface area contributed by atoms with E-state index in [-0.39, 0.29) is 22.9 Å². The van der Waals surface area contributed by atoms with Gasteiger partial charge in [-0.3, -0.25) is 4.79 Å². The van der Waals surface area contributed by atoms with Crippen molar-refractivity contribution < 1.29 is 19.1 Å². The zero-order valence-electron chi connectivity index (χ0n) is 10.6. The van der Waals surface area contributed by atoms with Gasteiger partial charge in [-0.15, -0.1) is 0 Å². The summed E-state index contributed by atoms with van der Waals surface area (Å²) in [5, 5.41) is 11.1. The summed E-state index contributed by atoms with van der Waals surface area (Å²) >= 11 is 1.49.